The van der Waals surface area contributed by atoms with Crippen molar-refractivity contribution in [3.63, 3.8) is 0 Å². The Morgan fingerprint density at radius 3 is 2.47 bits per heavy atom. The van der Waals surface area contributed by atoms with Gasteiger partial charge in [-0.05, 0) is 25.0 Å². The van der Waals surface area contributed by atoms with Crippen LogP contribution in [-0.2, 0) is 4.79 Å². The fourth-order valence-electron chi connectivity index (χ4n) is 1.15. The standard InChI is InChI=1S/C11H17N3O.2ClH/c1-7(2)10(12)11(15)14-9-4-5-13-8(3)6-9;;/h4-7,10H,12H2,1-3H3,(H,13,14,15);2*1H/t10-;;/m1../s1. The third kappa shape index (κ3) is 5.86. The molecule has 17 heavy (non-hydrogen) atoms. The number of nitrogens with two attached hydrogens (primary N) is 1. The summed E-state index contributed by atoms with van der Waals surface area (Å²) in [6.07, 6.45) is 1.66. The van der Waals surface area contributed by atoms with Crippen LogP contribution < -0.4 is 11.1 Å². The van der Waals surface area contributed by atoms with Gasteiger partial charge >= 0.3 is 0 Å². The maximum Gasteiger partial charge on any atom is 0.241 e. The van der Waals surface area contributed by atoms with E-state index in [1.165, 1.54) is 0 Å². The molecule has 0 radical (unpaired) electrons. The van der Waals surface area contributed by atoms with Crippen LogP contribution in [0.3, 0.4) is 0 Å². The molecule has 0 spiro atoms. The van der Waals surface area contributed by atoms with Gasteiger partial charge in [-0.25, -0.2) is 0 Å². The van der Waals surface area contributed by atoms with Crippen molar-refractivity contribution in [1.82, 2.24) is 4.98 Å². The van der Waals surface area contributed by atoms with Gasteiger partial charge in [0.15, 0.2) is 0 Å². The molecule has 1 rings (SSSR count). The molecule has 0 aromatic carbocycles. The second kappa shape index (κ2) is 8.28. The molecule has 1 aromatic heterocycles. The lowest BCUT2D eigenvalue weighted by Gasteiger charge is -2.15. The number of anilines is 1. The van der Waals surface area contributed by atoms with Crippen LogP contribution in [0.1, 0.15) is 19.5 Å². The van der Waals surface area contributed by atoms with Crippen LogP contribution in [0.5, 0.6) is 0 Å². The summed E-state index contributed by atoms with van der Waals surface area (Å²) >= 11 is 0. The first-order chi connectivity index (χ1) is 7.00. The number of halogens is 2. The van der Waals surface area contributed by atoms with E-state index in [1.807, 2.05) is 26.8 Å². The van der Waals surface area contributed by atoms with Gasteiger partial charge in [-0.1, -0.05) is 13.8 Å². The molecule has 0 saturated carbocycles. The summed E-state index contributed by atoms with van der Waals surface area (Å²) in [4.78, 5) is 15.7. The number of carbonyl (C=O) groups is 1. The van der Waals surface area contributed by atoms with Gasteiger partial charge < -0.3 is 11.1 Å². The predicted octanol–water partition coefficient (Wildman–Crippen LogP) is 2.16. The maximum absolute atomic E-state index is 11.6. The van der Waals surface area contributed by atoms with E-state index in [1.54, 1.807) is 12.3 Å². The molecule has 0 aliphatic carbocycles. The van der Waals surface area contributed by atoms with E-state index in [2.05, 4.69) is 10.3 Å². The van der Waals surface area contributed by atoms with Gasteiger partial charge in [-0.3, -0.25) is 9.78 Å². The first-order valence-electron chi connectivity index (χ1n) is 5.00. The van der Waals surface area contributed by atoms with Crippen LogP contribution in [0.25, 0.3) is 0 Å². The van der Waals surface area contributed by atoms with Crippen LogP contribution in [0.15, 0.2) is 18.3 Å². The van der Waals surface area contributed by atoms with Crippen molar-refractivity contribution in [2.45, 2.75) is 26.8 Å². The van der Waals surface area contributed by atoms with E-state index in [0.29, 0.717) is 0 Å². The highest BCUT2D eigenvalue weighted by Crippen LogP contribution is 2.08. The largest absolute Gasteiger partial charge is 0.325 e. The zero-order valence-electron chi connectivity index (χ0n) is 10.1. The minimum absolute atomic E-state index is 0. The molecule has 0 aliphatic heterocycles. The van der Waals surface area contributed by atoms with E-state index >= 15 is 0 Å². The second-order valence-corrected chi connectivity index (χ2v) is 3.94. The first kappa shape index (κ1) is 18.5. The van der Waals surface area contributed by atoms with Gasteiger partial charge in [-0.2, -0.15) is 0 Å². The monoisotopic (exact) mass is 279 g/mol. The third-order valence-corrected chi connectivity index (χ3v) is 2.19. The molecular formula is C11H19Cl2N3O. The fourth-order valence-corrected chi connectivity index (χ4v) is 1.15. The Morgan fingerprint density at radius 2 is 2.00 bits per heavy atom. The van der Waals surface area contributed by atoms with Gasteiger partial charge in [0.05, 0.1) is 6.04 Å². The number of aromatic nitrogens is 1. The maximum atomic E-state index is 11.6. The molecule has 3 N–H and O–H groups in total. The molecular weight excluding hydrogens is 261 g/mol. The second-order valence-electron chi connectivity index (χ2n) is 3.94. The summed E-state index contributed by atoms with van der Waals surface area (Å²) in [5.41, 5.74) is 7.32. The Morgan fingerprint density at radius 1 is 1.41 bits per heavy atom. The SMILES string of the molecule is Cc1cc(NC(=O)[C@H](N)C(C)C)ccn1.Cl.Cl. The zero-order valence-corrected chi connectivity index (χ0v) is 11.8. The summed E-state index contributed by atoms with van der Waals surface area (Å²) in [6.45, 7) is 5.71. The number of amides is 1. The quantitative estimate of drug-likeness (QED) is 0.891. The number of pyridine rings is 1. The van der Waals surface area contributed by atoms with Crippen LogP contribution in [0.2, 0.25) is 0 Å². The Balaban J connectivity index is 0. The molecule has 0 saturated heterocycles. The molecule has 1 atom stereocenters. The molecule has 1 amide bonds. The molecule has 1 heterocycles. The first-order valence-corrected chi connectivity index (χ1v) is 5.00. The number of carbonyl (C=O) groups excluding carboxylic acids is 1. The van der Waals surface area contributed by atoms with E-state index in [4.69, 9.17) is 5.73 Å². The van der Waals surface area contributed by atoms with E-state index in [9.17, 15) is 4.79 Å². The Kier molecular flexibility index (Phi) is 9.02. The normalized spacial score (nSPS) is 11.1. The molecule has 4 nitrogen and oxygen atoms in total. The van der Waals surface area contributed by atoms with Gasteiger partial charge in [0, 0.05) is 17.6 Å². The highest BCUT2D eigenvalue weighted by atomic mass is 35.5. The molecule has 6 heteroatoms. The van der Waals surface area contributed by atoms with Crippen molar-refractivity contribution < 1.29 is 4.79 Å². The van der Waals surface area contributed by atoms with Crippen molar-refractivity contribution in [2.75, 3.05) is 5.32 Å². The zero-order chi connectivity index (χ0) is 11.4. The molecule has 98 valence electrons. The van der Waals surface area contributed by atoms with E-state index in [-0.39, 0.29) is 36.6 Å². The minimum Gasteiger partial charge on any atom is -0.325 e. The van der Waals surface area contributed by atoms with Crippen molar-refractivity contribution in [2.24, 2.45) is 11.7 Å². The number of rotatable bonds is 3. The smallest absolute Gasteiger partial charge is 0.241 e. The number of nitrogens with zero attached hydrogens (tertiary/aromatic N) is 1. The molecule has 0 bridgehead atoms. The van der Waals surface area contributed by atoms with Gasteiger partial charge in [0.2, 0.25) is 5.91 Å². The van der Waals surface area contributed by atoms with Crippen molar-refractivity contribution in [1.29, 1.82) is 0 Å². The molecule has 0 aliphatic rings. The average molecular weight is 280 g/mol. The van der Waals surface area contributed by atoms with Crippen molar-refractivity contribution in [3.8, 4) is 0 Å². The van der Waals surface area contributed by atoms with Crippen LogP contribution >= 0.6 is 24.8 Å². The number of nitrogens with one attached hydrogen (secondary N) is 1. The predicted molar refractivity (Wildman–Crippen MR) is 74.9 cm³/mol. The highest BCUT2D eigenvalue weighted by molar-refractivity contribution is 5.94. The molecule has 0 fully saturated rings. The average Bonchev–Trinajstić information content (AvgIpc) is 2.16. The lowest BCUT2D eigenvalue weighted by Crippen LogP contribution is -2.39. The van der Waals surface area contributed by atoms with Crippen molar-refractivity contribution >= 4 is 36.4 Å². The Hall–Kier alpha value is -0.840. The van der Waals surface area contributed by atoms with Gasteiger partial charge in [0.25, 0.3) is 0 Å². The molecule has 0 unspecified atom stereocenters. The summed E-state index contributed by atoms with van der Waals surface area (Å²) in [5, 5.41) is 2.76. The summed E-state index contributed by atoms with van der Waals surface area (Å²) < 4.78 is 0. The number of hydrogen-bond acceptors (Lipinski definition) is 3. The lowest BCUT2D eigenvalue weighted by molar-refractivity contribution is -0.118. The summed E-state index contributed by atoms with van der Waals surface area (Å²) in [7, 11) is 0. The molecule has 1 aromatic rings. The number of hydrogen-bond donors (Lipinski definition) is 2. The topological polar surface area (TPSA) is 68.0 Å². The van der Waals surface area contributed by atoms with E-state index in [0.717, 1.165) is 11.4 Å². The van der Waals surface area contributed by atoms with E-state index < -0.39 is 6.04 Å². The van der Waals surface area contributed by atoms with Crippen LogP contribution in [-0.4, -0.2) is 16.9 Å². The van der Waals surface area contributed by atoms with Crippen LogP contribution in [0, 0.1) is 12.8 Å². The van der Waals surface area contributed by atoms with Crippen LogP contribution in [0.4, 0.5) is 5.69 Å². The minimum atomic E-state index is -0.474. The summed E-state index contributed by atoms with van der Waals surface area (Å²) in [5.74, 6) is -0.0245. The summed E-state index contributed by atoms with van der Waals surface area (Å²) in [6, 6.07) is 3.08. The van der Waals surface area contributed by atoms with Gasteiger partial charge in [0.1, 0.15) is 0 Å². The third-order valence-electron chi connectivity index (χ3n) is 2.19. The van der Waals surface area contributed by atoms with Crippen molar-refractivity contribution in [3.05, 3.63) is 24.0 Å². The highest BCUT2D eigenvalue weighted by Gasteiger charge is 2.16. The Labute approximate surface area is 114 Å². The Bertz CT molecular complexity index is 358. The fraction of sp³-hybridized carbons (Fsp3) is 0.455. The lowest BCUT2D eigenvalue weighted by atomic mass is 10.1. The number of aryl methyl sites for hydroxylation is 1. The van der Waals surface area contributed by atoms with Gasteiger partial charge in [-0.15, -0.1) is 24.8 Å².